The Hall–Kier alpha value is -3.92. The Labute approximate surface area is 205 Å². The van der Waals surface area contributed by atoms with Crippen LogP contribution in [0.15, 0.2) is 75.4 Å². The highest BCUT2D eigenvalue weighted by Crippen LogP contribution is 2.41. The summed E-state index contributed by atoms with van der Waals surface area (Å²) in [6.45, 7) is 0.153. The number of hydrogen-bond acceptors (Lipinski definition) is 7. The Balaban J connectivity index is 1.46. The molecule has 2 aromatic heterocycles. The molecule has 0 saturated heterocycles. The van der Waals surface area contributed by atoms with E-state index >= 15 is 0 Å². The van der Waals surface area contributed by atoms with Gasteiger partial charge in [0, 0.05) is 18.7 Å². The second kappa shape index (κ2) is 9.38. The maximum Gasteiger partial charge on any atom is 0.332 e. The van der Waals surface area contributed by atoms with Crippen LogP contribution in [-0.2, 0) is 13.6 Å². The summed E-state index contributed by atoms with van der Waals surface area (Å²) in [7, 11) is 1.35. The third kappa shape index (κ3) is 4.44. The number of ketones is 1. The zero-order chi connectivity index (χ0) is 24.5. The summed E-state index contributed by atoms with van der Waals surface area (Å²) in [5.41, 5.74) is 6.51. The fourth-order valence-electron chi connectivity index (χ4n) is 3.97. The number of nitrogen functional groups attached to an aromatic ring is 1. The molecule has 0 spiro atoms. The molecular weight excluding hydrogens is 464 g/mol. The molecule has 1 saturated carbocycles. The molecule has 5 rings (SSSR count). The van der Waals surface area contributed by atoms with Gasteiger partial charge in [0.15, 0.2) is 10.9 Å². The molecule has 2 N–H and O–H groups in total. The quantitative estimate of drug-likeness (QED) is 0.299. The van der Waals surface area contributed by atoms with E-state index in [9.17, 15) is 14.4 Å². The van der Waals surface area contributed by atoms with Crippen LogP contribution in [0.1, 0.15) is 40.5 Å². The second-order valence-electron chi connectivity index (χ2n) is 8.48. The first-order valence-electron chi connectivity index (χ1n) is 11.3. The van der Waals surface area contributed by atoms with E-state index in [2.05, 4.69) is 10.2 Å². The summed E-state index contributed by atoms with van der Waals surface area (Å²) in [6.07, 6.45) is 2.12. The van der Waals surface area contributed by atoms with Crippen LogP contribution < -0.4 is 17.0 Å². The summed E-state index contributed by atoms with van der Waals surface area (Å²) in [5.74, 6) is 0.565. The molecule has 1 aliphatic rings. The number of aromatic nitrogens is 5. The Morgan fingerprint density at radius 2 is 1.69 bits per heavy atom. The lowest BCUT2D eigenvalue weighted by molar-refractivity contribution is 0.102. The van der Waals surface area contributed by atoms with Crippen molar-refractivity contribution in [2.45, 2.75) is 30.5 Å². The van der Waals surface area contributed by atoms with Gasteiger partial charge in [0.25, 0.3) is 5.56 Å². The number of nitrogens with two attached hydrogens (primary N) is 1. The average molecular weight is 489 g/mol. The summed E-state index contributed by atoms with van der Waals surface area (Å²) in [5, 5.41) is 9.26. The Bertz CT molecular complexity index is 1500. The molecule has 0 aliphatic heterocycles. The fourth-order valence-corrected chi connectivity index (χ4v) is 4.80. The van der Waals surface area contributed by atoms with Crippen molar-refractivity contribution in [3.05, 3.63) is 98.5 Å². The van der Waals surface area contributed by atoms with E-state index in [1.54, 1.807) is 0 Å². The Morgan fingerprint density at radius 3 is 2.34 bits per heavy atom. The van der Waals surface area contributed by atoms with Gasteiger partial charge < -0.3 is 5.73 Å². The van der Waals surface area contributed by atoms with Crippen LogP contribution in [0, 0.1) is 0 Å². The molecule has 0 bridgehead atoms. The smallest absolute Gasteiger partial charge is 0.332 e. The van der Waals surface area contributed by atoms with Crippen molar-refractivity contribution in [1.82, 2.24) is 23.9 Å². The number of carbonyl (C=O) groups is 1. The lowest BCUT2D eigenvalue weighted by Crippen LogP contribution is -2.43. The molecule has 0 unspecified atom stereocenters. The van der Waals surface area contributed by atoms with Crippen molar-refractivity contribution < 1.29 is 4.79 Å². The van der Waals surface area contributed by atoms with Gasteiger partial charge in [-0.15, -0.1) is 10.2 Å². The van der Waals surface area contributed by atoms with Crippen molar-refractivity contribution in [2.75, 3.05) is 11.5 Å². The summed E-state index contributed by atoms with van der Waals surface area (Å²) in [6, 6.07) is 19.0. The number of thioether (sulfide) groups is 1. The Kier molecular flexibility index (Phi) is 6.12. The van der Waals surface area contributed by atoms with E-state index in [4.69, 9.17) is 5.73 Å². The number of nitrogens with zero attached hydrogens (tertiary/aromatic N) is 5. The third-order valence-corrected chi connectivity index (χ3v) is 6.92. The Morgan fingerprint density at radius 1 is 1.03 bits per heavy atom. The fraction of sp³-hybridized carbons (Fsp3) is 0.240. The standard InChI is InChI=1S/C25H24N6O3S/c1-29-23(33)20(21(26)30(25(29)34)14-16-8-4-2-5-9-16)19(32)15-35-24-28-27-22(17-12-13-17)31(24)18-10-6-3-7-11-18/h2-11,17H,12-15,26H2,1H3. The maximum absolute atomic E-state index is 13.2. The van der Waals surface area contributed by atoms with E-state index < -0.39 is 17.0 Å². The van der Waals surface area contributed by atoms with Crippen LogP contribution in [0.25, 0.3) is 5.69 Å². The lowest BCUT2D eigenvalue weighted by atomic mass is 10.2. The molecule has 10 heteroatoms. The van der Waals surface area contributed by atoms with Crippen LogP contribution in [0.3, 0.4) is 0 Å². The van der Waals surface area contributed by atoms with Gasteiger partial charge in [0.05, 0.1) is 12.3 Å². The van der Waals surface area contributed by atoms with Crippen LogP contribution in [0.5, 0.6) is 0 Å². The van der Waals surface area contributed by atoms with E-state index in [1.807, 2.05) is 65.2 Å². The summed E-state index contributed by atoms with van der Waals surface area (Å²) < 4.78 is 4.15. The molecule has 9 nitrogen and oxygen atoms in total. The minimum atomic E-state index is -0.703. The van der Waals surface area contributed by atoms with Gasteiger partial charge in [-0.25, -0.2) is 4.79 Å². The molecule has 178 valence electrons. The molecule has 0 amide bonds. The number of carbonyl (C=O) groups excluding carboxylic acids is 1. The number of benzene rings is 2. The first-order chi connectivity index (χ1) is 17.0. The zero-order valence-electron chi connectivity index (χ0n) is 19.1. The zero-order valence-corrected chi connectivity index (χ0v) is 19.9. The molecule has 1 fully saturated rings. The highest BCUT2D eigenvalue weighted by Gasteiger charge is 2.31. The van der Waals surface area contributed by atoms with Gasteiger partial charge in [-0.2, -0.15) is 0 Å². The average Bonchev–Trinajstić information content (AvgIpc) is 3.64. The minimum absolute atomic E-state index is 0.0708. The molecule has 4 aromatic rings. The highest BCUT2D eigenvalue weighted by molar-refractivity contribution is 7.99. The van der Waals surface area contributed by atoms with Crippen LogP contribution in [0.2, 0.25) is 0 Å². The molecule has 35 heavy (non-hydrogen) atoms. The maximum atomic E-state index is 13.2. The topological polar surface area (TPSA) is 118 Å². The normalized spacial score (nSPS) is 13.2. The van der Waals surface area contributed by atoms with Crippen molar-refractivity contribution in [3.63, 3.8) is 0 Å². The molecule has 2 aromatic carbocycles. The van der Waals surface area contributed by atoms with Gasteiger partial charge in [-0.3, -0.25) is 23.3 Å². The van der Waals surface area contributed by atoms with E-state index in [1.165, 1.54) is 23.4 Å². The first kappa shape index (κ1) is 22.9. The van der Waals surface area contributed by atoms with E-state index in [-0.39, 0.29) is 23.7 Å². The highest BCUT2D eigenvalue weighted by atomic mass is 32.2. The largest absolute Gasteiger partial charge is 0.384 e. The van der Waals surface area contributed by atoms with Gasteiger partial charge >= 0.3 is 5.69 Å². The summed E-state index contributed by atoms with van der Waals surface area (Å²) in [4.78, 5) is 38.9. The third-order valence-electron chi connectivity index (χ3n) is 5.99. The van der Waals surface area contributed by atoms with Gasteiger partial charge in [0.2, 0.25) is 0 Å². The van der Waals surface area contributed by atoms with Crippen LogP contribution >= 0.6 is 11.8 Å². The molecule has 0 radical (unpaired) electrons. The minimum Gasteiger partial charge on any atom is -0.384 e. The number of anilines is 1. The molecule has 0 atom stereocenters. The van der Waals surface area contributed by atoms with Crippen molar-refractivity contribution >= 4 is 23.4 Å². The number of rotatable bonds is 8. The van der Waals surface area contributed by atoms with E-state index in [0.29, 0.717) is 11.1 Å². The van der Waals surface area contributed by atoms with E-state index in [0.717, 1.165) is 34.5 Å². The predicted molar refractivity (Wildman–Crippen MR) is 134 cm³/mol. The van der Waals surface area contributed by atoms with Crippen molar-refractivity contribution in [2.24, 2.45) is 7.05 Å². The predicted octanol–water partition coefficient (Wildman–Crippen LogP) is 2.61. The van der Waals surface area contributed by atoms with Crippen LogP contribution in [0.4, 0.5) is 5.82 Å². The first-order valence-corrected chi connectivity index (χ1v) is 12.2. The molecule has 1 aliphatic carbocycles. The summed E-state index contributed by atoms with van der Waals surface area (Å²) >= 11 is 1.20. The monoisotopic (exact) mass is 488 g/mol. The van der Waals surface area contributed by atoms with Crippen LogP contribution in [-0.4, -0.2) is 35.4 Å². The SMILES string of the molecule is Cn1c(=O)c(C(=O)CSc2nnc(C3CC3)n2-c2ccccc2)c(N)n(Cc2ccccc2)c1=O. The van der Waals surface area contributed by atoms with Gasteiger partial charge in [0.1, 0.15) is 17.2 Å². The number of Topliss-reactive ketones (excluding diaryl/α,β-unsaturated/α-hetero) is 1. The van der Waals surface area contributed by atoms with Crippen molar-refractivity contribution in [1.29, 1.82) is 0 Å². The van der Waals surface area contributed by atoms with Gasteiger partial charge in [-0.1, -0.05) is 60.3 Å². The molecular formula is C25H24N6O3S. The van der Waals surface area contributed by atoms with Gasteiger partial charge in [-0.05, 0) is 30.5 Å². The lowest BCUT2D eigenvalue weighted by Gasteiger charge is -2.15. The van der Waals surface area contributed by atoms with Crippen molar-refractivity contribution in [3.8, 4) is 5.69 Å². The number of hydrogen-bond donors (Lipinski definition) is 1. The molecule has 2 heterocycles. The number of para-hydroxylation sites is 1. The second-order valence-corrected chi connectivity index (χ2v) is 9.42.